The molecule has 1 unspecified atom stereocenters. The zero-order valence-corrected chi connectivity index (χ0v) is 12.1. The third-order valence-corrected chi connectivity index (χ3v) is 3.05. The molecule has 20 heavy (non-hydrogen) atoms. The summed E-state index contributed by atoms with van der Waals surface area (Å²) in [7, 11) is 3.53. The first-order valence-corrected chi connectivity index (χ1v) is 6.41. The fraction of sp³-hybridized carbons (Fsp3) is 0.429. The summed E-state index contributed by atoms with van der Waals surface area (Å²) in [6.45, 7) is 4.07. The molecule has 0 bridgehead atoms. The van der Waals surface area contributed by atoms with E-state index in [0.717, 1.165) is 17.1 Å². The van der Waals surface area contributed by atoms with Crippen molar-refractivity contribution in [3.8, 4) is 11.5 Å². The van der Waals surface area contributed by atoms with Crippen LogP contribution in [0.3, 0.4) is 0 Å². The molecule has 1 atom stereocenters. The van der Waals surface area contributed by atoms with Crippen LogP contribution in [-0.2, 0) is 6.61 Å². The first-order valence-electron chi connectivity index (χ1n) is 6.41. The SMILES string of the molecule is CNC(C)c1ccc(OC)cc1OCc1noc(C)n1. The maximum absolute atomic E-state index is 5.80. The van der Waals surface area contributed by atoms with Crippen molar-refractivity contribution in [2.24, 2.45) is 0 Å². The number of nitrogens with one attached hydrogen (secondary N) is 1. The maximum atomic E-state index is 5.80. The van der Waals surface area contributed by atoms with Crippen LogP contribution in [-0.4, -0.2) is 24.3 Å². The summed E-state index contributed by atoms with van der Waals surface area (Å²) in [5, 5.41) is 7.00. The summed E-state index contributed by atoms with van der Waals surface area (Å²) in [5.41, 5.74) is 1.05. The van der Waals surface area contributed by atoms with Gasteiger partial charge >= 0.3 is 0 Å². The number of hydrogen-bond acceptors (Lipinski definition) is 6. The zero-order valence-electron chi connectivity index (χ0n) is 12.1. The van der Waals surface area contributed by atoms with E-state index in [9.17, 15) is 0 Å². The lowest BCUT2D eigenvalue weighted by molar-refractivity contribution is 0.279. The van der Waals surface area contributed by atoms with Gasteiger partial charge in [0.1, 0.15) is 11.5 Å². The highest BCUT2D eigenvalue weighted by atomic mass is 16.5. The van der Waals surface area contributed by atoms with E-state index in [1.165, 1.54) is 0 Å². The van der Waals surface area contributed by atoms with E-state index >= 15 is 0 Å². The number of methoxy groups -OCH3 is 1. The van der Waals surface area contributed by atoms with Crippen LogP contribution in [0.1, 0.15) is 30.2 Å². The van der Waals surface area contributed by atoms with E-state index in [-0.39, 0.29) is 12.6 Å². The molecule has 6 heteroatoms. The Morgan fingerprint density at radius 3 is 2.80 bits per heavy atom. The minimum absolute atomic E-state index is 0.169. The fourth-order valence-corrected chi connectivity index (χ4v) is 1.82. The quantitative estimate of drug-likeness (QED) is 0.873. The summed E-state index contributed by atoms with van der Waals surface area (Å²) >= 11 is 0. The molecule has 1 aromatic carbocycles. The molecular weight excluding hydrogens is 258 g/mol. The van der Waals surface area contributed by atoms with Gasteiger partial charge in [0.25, 0.3) is 0 Å². The molecule has 0 fully saturated rings. The number of hydrogen-bond donors (Lipinski definition) is 1. The van der Waals surface area contributed by atoms with E-state index in [1.54, 1.807) is 14.0 Å². The lowest BCUT2D eigenvalue weighted by atomic mass is 10.1. The van der Waals surface area contributed by atoms with Crippen molar-refractivity contribution in [1.82, 2.24) is 15.5 Å². The lowest BCUT2D eigenvalue weighted by Gasteiger charge is -2.16. The van der Waals surface area contributed by atoms with E-state index in [1.807, 2.05) is 25.2 Å². The first kappa shape index (κ1) is 14.3. The van der Waals surface area contributed by atoms with Crippen molar-refractivity contribution in [3.63, 3.8) is 0 Å². The monoisotopic (exact) mass is 277 g/mol. The van der Waals surface area contributed by atoms with Crippen molar-refractivity contribution in [2.75, 3.05) is 14.2 Å². The fourth-order valence-electron chi connectivity index (χ4n) is 1.82. The lowest BCUT2D eigenvalue weighted by Crippen LogP contribution is -2.14. The molecular formula is C14H19N3O3. The predicted molar refractivity (Wildman–Crippen MR) is 73.8 cm³/mol. The molecule has 6 nitrogen and oxygen atoms in total. The Hall–Kier alpha value is -2.08. The van der Waals surface area contributed by atoms with Gasteiger partial charge in [0, 0.05) is 24.6 Å². The Bertz CT molecular complexity index is 569. The standard InChI is InChI=1S/C14H19N3O3/c1-9(15-3)12-6-5-11(18-4)7-13(12)19-8-14-16-10(2)20-17-14/h5-7,9,15H,8H2,1-4H3. The van der Waals surface area contributed by atoms with Crippen molar-refractivity contribution in [2.45, 2.75) is 26.5 Å². The molecule has 2 rings (SSSR count). The molecule has 1 heterocycles. The molecule has 1 aromatic heterocycles. The zero-order chi connectivity index (χ0) is 14.5. The van der Waals surface area contributed by atoms with Crippen molar-refractivity contribution < 1.29 is 14.0 Å². The van der Waals surface area contributed by atoms with Gasteiger partial charge in [-0.25, -0.2) is 0 Å². The molecule has 0 aliphatic rings. The number of rotatable bonds is 6. The van der Waals surface area contributed by atoms with Crippen LogP contribution in [0.15, 0.2) is 22.7 Å². The van der Waals surface area contributed by atoms with Crippen LogP contribution in [0.5, 0.6) is 11.5 Å². The molecule has 0 saturated carbocycles. The third kappa shape index (κ3) is 3.27. The molecule has 0 aliphatic heterocycles. The number of nitrogens with zero attached hydrogens (tertiary/aromatic N) is 2. The molecule has 2 aromatic rings. The van der Waals surface area contributed by atoms with E-state index in [2.05, 4.69) is 22.4 Å². The smallest absolute Gasteiger partial charge is 0.223 e. The number of ether oxygens (including phenoxy) is 2. The minimum Gasteiger partial charge on any atom is -0.497 e. The topological polar surface area (TPSA) is 69.4 Å². The minimum atomic E-state index is 0.169. The van der Waals surface area contributed by atoms with Gasteiger partial charge in [0.2, 0.25) is 11.7 Å². The second kappa shape index (κ2) is 6.38. The molecule has 1 N–H and O–H groups in total. The predicted octanol–water partition coefficient (Wildman–Crippen LogP) is 2.25. The van der Waals surface area contributed by atoms with E-state index in [4.69, 9.17) is 14.0 Å². The first-order chi connectivity index (χ1) is 9.63. The van der Waals surface area contributed by atoms with Gasteiger partial charge in [0.05, 0.1) is 7.11 Å². The Balaban J connectivity index is 2.18. The van der Waals surface area contributed by atoms with Crippen molar-refractivity contribution in [1.29, 1.82) is 0 Å². The van der Waals surface area contributed by atoms with Crippen LogP contribution in [0, 0.1) is 6.92 Å². The van der Waals surface area contributed by atoms with Crippen molar-refractivity contribution in [3.05, 3.63) is 35.5 Å². The van der Waals surface area contributed by atoms with Gasteiger partial charge in [-0.05, 0) is 20.0 Å². The summed E-state index contributed by atoms with van der Waals surface area (Å²) in [4.78, 5) is 4.11. The van der Waals surface area contributed by atoms with Crippen LogP contribution in [0.2, 0.25) is 0 Å². The second-order valence-corrected chi connectivity index (χ2v) is 4.43. The molecule has 0 aliphatic carbocycles. The molecule has 0 amide bonds. The summed E-state index contributed by atoms with van der Waals surface area (Å²) in [6.07, 6.45) is 0. The average molecular weight is 277 g/mol. The summed E-state index contributed by atoms with van der Waals surface area (Å²) in [6, 6.07) is 5.92. The summed E-state index contributed by atoms with van der Waals surface area (Å²) < 4.78 is 15.9. The van der Waals surface area contributed by atoms with E-state index in [0.29, 0.717) is 11.7 Å². The third-order valence-electron chi connectivity index (χ3n) is 3.05. The van der Waals surface area contributed by atoms with Crippen molar-refractivity contribution >= 4 is 0 Å². The van der Waals surface area contributed by atoms with Crippen LogP contribution in [0.4, 0.5) is 0 Å². The molecule has 0 saturated heterocycles. The van der Waals surface area contributed by atoms with Crippen LogP contribution < -0.4 is 14.8 Å². The second-order valence-electron chi connectivity index (χ2n) is 4.43. The van der Waals surface area contributed by atoms with Gasteiger partial charge in [-0.1, -0.05) is 11.2 Å². The highest BCUT2D eigenvalue weighted by molar-refractivity contribution is 5.42. The van der Waals surface area contributed by atoms with Gasteiger partial charge in [-0.3, -0.25) is 0 Å². The number of benzene rings is 1. The van der Waals surface area contributed by atoms with Crippen LogP contribution >= 0.6 is 0 Å². The molecule has 0 spiro atoms. The average Bonchev–Trinajstić information content (AvgIpc) is 2.89. The van der Waals surface area contributed by atoms with Gasteiger partial charge < -0.3 is 19.3 Å². The highest BCUT2D eigenvalue weighted by Gasteiger charge is 2.13. The summed E-state index contributed by atoms with van der Waals surface area (Å²) in [5.74, 6) is 2.54. The maximum Gasteiger partial charge on any atom is 0.223 e. The Morgan fingerprint density at radius 1 is 1.40 bits per heavy atom. The van der Waals surface area contributed by atoms with Gasteiger partial charge in [0.15, 0.2) is 6.61 Å². The van der Waals surface area contributed by atoms with Crippen LogP contribution in [0.25, 0.3) is 0 Å². The van der Waals surface area contributed by atoms with Gasteiger partial charge in [-0.2, -0.15) is 4.98 Å². The van der Waals surface area contributed by atoms with Gasteiger partial charge in [-0.15, -0.1) is 0 Å². The number of aromatic nitrogens is 2. The molecule has 0 radical (unpaired) electrons. The Labute approximate surface area is 118 Å². The normalized spacial score (nSPS) is 12.2. The largest absolute Gasteiger partial charge is 0.497 e. The molecule has 108 valence electrons. The van der Waals surface area contributed by atoms with E-state index < -0.39 is 0 Å². The highest BCUT2D eigenvalue weighted by Crippen LogP contribution is 2.29. The Morgan fingerprint density at radius 2 is 2.20 bits per heavy atom. The number of aryl methyl sites for hydroxylation is 1. The Kier molecular flexibility index (Phi) is 4.57.